The van der Waals surface area contributed by atoms with Gasteiger partial charge in [-0.2, -0.15) is 0 Å². The zero-order chi connectivity index (χ0) is 22.1. The molecule has 0 spiro atoms. The van der Waals surface area contributed by atoms with Gasteiger partial charge >= 0.3 is 0 Å². The van der Waals surface area contributed by atoms with E-state index in [-0.39, 0.29) is 12.5 Å². The third kappa shape index (κ3) is 7.46. The largest absolute Gasteiger partial charge is 0.482 e. The van der Waals surface area contributed by atoms with Gasteiger partial charge in [0.2, 0.25) is 5.91 Å². The molecule has 7 nitrogen and oxygen atoms in total. The smallest absolute Gasteiger partial charge is 0.276 e. The van der Waals surface area contributed by atoms with Gasteiger partial charge in [-0.05, 0) is 71.2 Å². The fourth-order valence-corrected chi connectivity index (χ4v) is 4.06. The lowest BCUT2D eigenvalue weighted by atomic mass is 10.2. The molecule has 0 aliphatic rings. The number of ether oxygens (including phenoxy) is 1. The average Bonchev–Trinajstić information content (AvgIpc) is 2.70. The van der Waals surface area contributed by atoms with Gasteiger partial charge in [0.1, 0.15) is 5.75 Å². The number of hydrogen-bond acceptors (Lipinski definition) is 4. The summed E-state index contributed by atoms with van der Waals surface area (Å²) in [6.45, 7) is 3.62. The van der Waals surface area contributed by atoms with Crippen LogP contribution in [0.25, 0.3) is 0 Å². The number of anilines is 1. The van der Waals surface area contributed by atoms with Gasteiger partial charge < -0.3 is 10.1 Å². The maximum absolute atomic E-state index is 12.2. The van der Waals surface area contributed by atoms with Gasteiger partial charge in [0.25, 0.3) is 11.8 Å². The molecule has 2 aromatic rings. The minimum Gasteiger partial charge on any atom is -0.482 e. The van der Waals surface area contributed by atoms with Gasteiger partial charge in [-0.15, -0.1) is 0 Å². The molecule has 0 unspecified atom stereocenters. The molecule has 0 aliphatic heterocycles. The molecule has 0 fully saturated rings. The Morgan fingerprint density at radius 1 is 1.00 bits per heavy atom. The van der Waals surface area contributed by atoms with Crippen LogP contribution in [0.1, 0.15) is 42.1 Å². The van der Waals surface area contributed by atoms with Crippen LogP contribution in [-0.4, -0.2) is 24.3 Å². The number of carbonyl (C=O) groups excluding carboxylic acids is 3. The van der Waals surface area contributed by atoms with E-state index < -0.39 is 11.8 Å². The van der Waals surface area contributed by atoms with E-state index in [1.807, 2.05) is 26.0 Å². The first-order chi connectivity index (χ1) is 14.3. The third-order valence-electron chi connectivity index (χ3n) is 4.05. The second-order valence-electron chi connectivity index (χ2n) is 6.55. The molecule has 0 atom stereocenters. The van der Waals surface area contributed by atoms with Crippen LogP contribution in [0.5, 0.6) is 5.75 Å². The number of nitrogens with one attached hydrogen (secondary N) is 3. The van der Waals surface area contributed by atoms with Crippen molar-refractivity contribution in [1.82, 2.24) is 10.9 Å². The second-order valence-corrected chi connectivity index (χ2v) is 8.32. The average molecular weight is 541 g/mol. The quantitative estimate of drug-likeness (QED) is 0.430. The summed E-state index contributed by atoms with van der Waals surface area (Å²) in [6, 6.07) is 10.1. The Balaban J connectivity index is 1.81. The van der Waals surface area contributed by atoms with Crippen molar-refractivity contribution < 1.29 is 19.1 Å². The number of halogens is 2. The van der Waals surface area contributed by atoms with E-state index in [4.69, 9.17) is 4.74 Å². The van der Waals surface area contributed by atoms with Crippen molar-refractivity contribution in [3.05, 3.63) is 56.5 Å². The summed E-state index contributed by atoms with van der Waals surface area (Å²) in [5.74, 6) is -0.490. The van der Waals surface area contributed by atoms with Crippen molar-refractivity contribution in [3.8, 4) is 5.75 Å². The van der Waals surface area contributed by atoms with Crippen LogP contribution >= 0.6 is 31.9 Å². The molecule has 3 amide bonds. The van der Waals surface area contributed by atoms with E-state index in [1.165, 1.54) is 0 Å². The Hall–Kier alpha value is -2.39. The first-order valence-corrected chi connectivity index (χ1v) is 11.0. The molecule has 0 saturated carbocycles. The highest BCUT2D eigenvalue weighted by atomic mass is 79.9. The lowest BCUT2D eigenvalue weighted by Gasteiger charge is -2.12. The molecule has 0 bridgehead atoms. The van der Waals surface area contributed by atoms with E-state index in [2.05, 4.69) is 48.0 Å². The summed E-state index contributed by atoms with van der Waals surface area (Å²) in [5.41, 5.74) is 6.46. The lowest BCUT2D eigenvalue weighted by molar-refractivity contribution is -0.123. The Morgan fingerprint density at radius 3 is 2.33 bits per heavy atom. The van der Waals surface area contributed by atoms with E-state index >= 15 is 0 Å². The molecule has 3 N–H and O–H groups in total. The van der Waals surface area contributed by atoms with Crippen LogP contribution in [0.2, 0.25) is 0 Å². The van der Waals surface area contributed by atoms with Gasteiger partial charge in [-0.25, -0.2) is 0 Å². The van der Waals surface area contributed by atoms with E-state index in [0.29, 0.717) is 27.9 Å². The van der Waals surface area contributed by atoms with Crippen LogP contribution < -0.4 is 20.9 Å². The van der Waals surface area contributed by atoms with Crippen LogP contribution in [0.15, 0.2) is 45.3 Å². The number of benzene rings is 2. The molecule has 30 heavy (non-hydrogen) atoms. The molecule has 0 aliphatic carbocycles. The summed E-state index contributed by atoms with van der Waals surface area (Å²) in [6.07, 6.45) is 2.24. The minimum atomic E-state index is -0.502. The summed E-state index contributed by atoms with van der Waals surface area (Å²) >= 11 is 6.77. The zero-order valence-electron chi connectivity index (χ0n) is 16.7. The Labute approximate surface area is 192 Å². The normalized spacial score (nSPS) is 10.3. The second kappa shape index (κ2) is 11.7. The Morgan fingerprint density at radius 2 is 1.70 bits per heavy atom. The first-order valence-electron chi connectivity index (χ1n) is 9.37. The predicted octanol–water partition coefficient (Wildman–Crippen LogP) is 4.49. The number of aryl methyl sites for hydroxylation is 1. The topological polar surface area (TPSA) is 96.5 Å². The summed E-state index contributed by atoms with van der Waals surface area (Å²) < 4.78 is 7.14. The molecule has 9 heteroatoms. The summed E-state index contributed by atoms with van der Waals surface area (Å²) in [4.78, 5) is 35.9. The highest BCUT2D eigenvalue weighted by Crippen LogP contribution is 2.32. The molecule has 160 valence electrons. The van der Waals surface area contributed by atoms with Gasteiger partial charge in [0.15, 0.2) is 6.61 Å². The van der Waals surface area contributed by atoms with Crippen LogP contribution in [0.4, 0.5) is 5.69 Å². The Kier molecular flexibility index (Phi) is 9.32. The zero-order valence-corrected chi connectivity index (χ0v) is 19.9. The van der Waals surface area contributed by atoms with Crippen LogP contribution in [0.3, 0.4) is 0 Å². The number of amides is 3. The van der Waals surface area contributed by atoms with E-state index in [0.717, 1.165) is 22.9 Å². The summed E-state index contributed by atoms with van der Waals surface area (Å²) in [7, 11) is 0. The van der Waals surface area contributed by atoms with Crippen molar-refractivity contribution in [2.75, 3.05) is 11.9 Å². The number of hydrazine groups is 1. The van der Waals surface area contributed by atoms with Crippen LogP contribution in [-0.2, 0) is 9.59 Å². The lowest BCUT2D eigenvalue weighted by Crippen LogP contribution is -2.43. The first kappa shape index (κ1) is 23.9. The van der Waals surface area contributed by atoms with Crippen molar-refractivity contribution in [3.63, 3.8) is 0 Å². The van der Waals surface area contributed by atoms with Gasteiger partial charge in [-0.1, -0.05) is 29.3 Å². The van der Waals surface area contributed by atoms with Gasteiger partial charge in [-0.3, -0.25) is 25.2 Å². The fourth-order valence-electron chi connectivity index (χ4n) is 2.51. The standard InChI is InChI=1S/C21H23Br2N3O4/c1-3-4-5-18(27)24-16-8-6-14(7-9-16)21(29)26-25-19(28)12-30-20-13(2)10-15(22)11-17(20)23/h6-11H,3-5,12H2,1-2H3,(H,24,27)(H,25,28)(H,26,29). The number of hydrogen-bond donors (Lipinski definition) is 3. The Bertz CT molecular complexity index is 894. The highest BCUT2D eigenvalue weighted by Gasteiger charge is 2.11. The van der Waals surface area contributed by atoms with E-state index in [9.17, 15) is 14.4 Å². The SMILES string of the molecule is CCCCC(=O)Nc1ccc(C(=O)NNC(=O)COc2c(C)cc(Br)cc2Br)cc1. The maximum Gasteiger partial charge on any atom is 0.276 e. The fraction of sp³-hybridized carbons (Fsp3) is 0.286. The molecular weight excluding hydrogens is 518 g/mol. The summed E-state index contributed by atoms with van der Waals surface area (Å²) in [5, 5.41) is 2.77. The molecule has 2 rings (SSSR count). The van der Waals surface area contributed by atoms with Crippen molar-refractivity contribution in [2.24, 2.45) is 0 Å². The number of rotatable bonds is 8. The third-order valence-corrected chi connectivity index (χ3v) is 5.09. The van der Waals surface area contributed by atoms with Crippen molar-refractivity contribution in [1.29, 1.82) is 0 Å². The van der Waals surface area contributed by atoms with Gasteiger partial charge in [0, 0.05) is 22.1 Å². The number of carbonyl (C=O) groups is 3. The molecule has 0 aromatic heterocycles. The maximum atomic E-state index is 12.2. The van der Waals surface area contributed by atoms with Crippen molar-refractivity contribution in [2.45, 2.75) is 33.1 Å². The molecule has 0 heterocycles. The van der Waals surface area contributed by atoms with E-state index in [1.54, 1.807) is 24.3 Å². The molecule has 2 aromatic carbocycles. The monoisotopic (exact) mass is 539 g/mol. The molecular formula is C21H23Br2N3O4. The van der Waals surface area contributed by atoms with Crippen molar-refractivity contribution >= 4 is 55.3 Å². The van der Waals surface area contributed by atoms with Gasteiger partial charge in [0.05, 0.1) is 4.47 Å². The predicted molar refractivity (Wildman–Crippen MR) is 122 cm³/mol. The van der Waals surface area contributed by atoms with Crippen LogP contribution in [0, 0.1) is 6.92 Å². The molecule has 0 radical (unpaired) electrons. The molecule has 0 saturated heterocycles. The number of unbranched alkanes of at least 4 members (excludes halogenated alkanes) is 1. The highest BCUT2D eigenvalue weighted by molar-refractivity contribution is 9.11. The minimum absolute atomic E-state index is 0.0611.